The summed E-state index contributed by atoms with van der Waals surface area (Å²) in [5.41, 5.74) is 2.29. The number of fused-ring (bicyclic) bond motifs is 2. The van der Waals surface area contributed by atoms with Crippen molar-refractivity contribution in [1.29, 1.82) is 0 Å². The minimum atomic E-state index is -0.568. The van der Waals surface area contributed by atoms with Crippen LogP contribution in [0.15, 0.2) is 24.3 Å². The van der Waals surface area contributed by atoms with Crippen LogP contribution < -0.4 is 9.47 Å². The van der Waals surface area contributed by atoms with Gasteiger partial charge in [0.15, 0.2) is 11.5 Å². The third-order valence-corrected chi connectivity index (χ3v) is 5.21. The zero-order valence-electron chi connectivity index (χ0n) is 11.1. The van der Waals surface area contributed by atoms with Crippen LogP contribution in [0.3, 0.4) is 0 Å². The van der Waals surface area contributed by atoms with Crippen LogP contribution in [0.2, 0.25) is 0 Å². The zero-order chi connectivity index (χ0) is 13.5. The molecule has 0 bridgehead atoms. The number of rotatable bonds is 2. The van der Waals surface area contributed by atoms with Crippen LogP contribution in [-0.2, 0) is 12.8 Å². The van der Waals surface area contributed by atoms with Crippen molar-refractivity contribution in [2.75, 3.05) is 13.2 Å². The smallest absolute Gasteiger partial charge is 0.161 e. The largest absolute Gasteiger partial charge is 0.486 e. The molecule has 2 aromatic rings. The molecule has 2 aliphatic rings. The van der Waals surface area contributed by atoms with Crippen LogP contribution in [0.1, 0.15) is 33.4 Å². The Hall–Kier alpha value is -1.52. The van der Waals surface area contributed by atoms with Gasteiger partial charge in [-0.2, -0.15) is 0 Å². The molecule has 4 rings (SSSR count). The minimum Gasteiger partial charge on any atom is -0.486 e. The summed E-state index contributed by atoms with van der Waals surface area (Å²) >= 11 is 1.74. The van der Waals surface area contributed by atoms with Crippen LogP contribution >= 0.6 is 11.3 Å². The van der Waals surface area contributed by atoms with Crippen molar-refractivity contribution in [3.63, 3.8) is 0 Å². The molecule has 4 heteroatoms. The molecule has 104 valence electrons. The molecule has 1 unspecified atom stereocenters. The summed E-state index contributed by atoms with van der Waals surface area (Å²) < 4.78 is 11.1. The standard InChI is InChI=1S/C16H16O3S/c17-16(15-9-10-2-1-3-14(10)20-15)11-4-5-12-13(8-11)19-7-6-18-12/h4-5,8-9,16-17H,1-3,6-7H2. The first kappa shape index (κ1) is 12.2. The van der Waals surface area contributed by atoms with E-state index in [9.17, 15) is 5.11 Å². The fourth-order valence-corrected chi connectivity index (χ4v) is 4.15. The summed E-state index contributed by atoms with van der Waals surface area (Å²) in [5, 5.41) is 10.6. The van der Waals surface area contributed by atoms with Gasteiger partial charge in [-0.25, -0.2) is 0 Å². The van der Waals surface area contributed by atoms with E-state index in [1.54, 1.807) is 11.3 Å². The molecule has 1 N–H and O–H groups in total. The highest BCUT2D eigenvalue weighted by Gasteiger charge is 2.21. The van der Waals surface area contributed by atoms with E-state index in [-0.39, 0.29) is 0 Å². The number of thiophene rings is 1. The highest BCUT2D eigenvalue weighted by Crippen LogP contribution is 2.38. The Morgan fingerprint density at radius 1 is 1.05 bits per heavy atom. The normalized spacial score (nSPS) is 17.9. The van der Waals surface area contributed by atoms with E-state index in [1.807, 2.05) is 18.2 Å². The van der Waals surface area contributed by atoms with Gasteiger partial charge >= 0.3 is 0 Å². The molecule has 0 saturated heterocycles. The zero-order valence-corrected chi connectivity index (χ0v) is 11.9. The number of aryl methyl sites for hydroxylation is 2. The molecule has 0 fully saturated rings. The third-order valence-electron chi connectivity index (χ3n) is 3.92. The molecule has 20 heavy (non-hydrogen) atoms. The summed E-state index contributed by atoms with van der Waals surface area (Å²) in [6.45, 7) is 1.16. The van der Waals surface area contributed by atoms with Gasteiger partial charge in [0.05, 0.1) is 0 Å². The maximum Gasteiger partial charge on any atom is 0.161 e. The highest BCUT2D eigenvalue weighted by molar-refractivity contribution is 7.12. The monoisotopic (exact) mass is 288 g/mol. The van der Waals surface area contributed by atoms with Crippen molar-refractivity contribution < 1.29 is 14.6 Å². The lowest BCUT2D eigenvalue weighted by molar-refractivity contribution is 0.170. The Bertz CT molecular complexity index is 626. The van der Waals surface area contributed by atoms with Crippen molar-refractivity contribution in [2.24, 2.45) is 0 Å². The van der Waals surface area contributed by atoms with Gasteiger partial charge in [-0.15, -0.1) is 11.3 Å². The number of hydrogen-bond donors (Lipinski definition) is 1. The lowest BCUT2D eigenvalue weighted by Crippen LogP contribution is -2.15. The Kier molecular flexibility index (Phi) is 2.93. The molecular formula is C16H16O3S. The number of hydrogen-bond acceptors (Lipinski definition) is 4. The predicted octanol–water partition coefficient (Wildman–Crippen LogP) is 3.09. The molecule has 0 spiro atoms. The summed E-state index contributed by atoms with van der Waals surface area (Å²) in [7, 11) is 0. The van der Waals surface area contributed by atoms with Crippen LogP contribution in [0.25, 0.3) is 0 Å². The number of benzene rings is 1. The number of aliphatic hydroxyl groups is 1. The number of aliphatic hydroxyl groups excluding tert-OH is 1. The van der Waals surface area contributed by atoms with Crippen molar-refractivity contribution in [1.82, 2.24) is 0 Å². The van der Waals surface area contributed by atoms with E-state index in [0.717, 1.165) is 34.8 Å². The molecule has 1 aromatic carbocycles. The van der Waals surface area contributed by atoms with E-state index in [4.69, 9.17) is 9.47 Å². The SMILES string of the molecule is OC(c1ccc2c(c1)OCCO2)c1cc2c(s1)CCC2. The fourth-order valence-electron chi connectivity index (χ4n) is 2.88. The van der Waals surface area contributed by atoms with Crippen LogP contribution in [-0.4, -0.2) is 18.3 Å². The number of ether oxygens (including phenoxy) is 2. The van der Waals surface area contributed by atoms with Gasteiger partial charge in [-0.05, 0) is 48.6 Å². The Morgan fingerprint density at radius 2 is 1.90 bits per heavy atom. The molecule has 1 aliphatic heterocycles. The van der Waals surface area contributed by atoms with Crippen molar-refractivity contribution in [3.05, 3.63) is 45.1 Å². The van der Waals surface area contributed by atoms with Crippen molar-refractivity contribution >= 4 is 11.3 Å². The fraction of sp³-hybridized carbons (Fsp3) is 0.375. The average Bonchev–Trinajstić information content (AvgIpc) is 3.07. The van der Waals surface area contributed by atoms with Gasteiger partial charge in [-0.1, -0.05) is 6.07 Å². The van der Waals surface area contributed by atoms with Gasteiger partial charge in [0.1, 0.15) is 19.3 Å². The summed E-state index contributed by atoms with van der Waals surface area (Å²) in [5.74, 6) is 1.50. The Balaban J connectivity index is 1.65. The molecule has 0 radical (unpaired) electrons. The predicted molar refractivity (Wildman–Crippen MR) is 77.8 cm³/mol. The molecule has 1 atom stereocenters. The molecule has 0 saturated carbocycles. The van der Waals surface area contributed by atoms with E-state index in [1.165, 1.54) is 16.9 Å². The molecule has 1 aromatic heterocycles. The summed E-state index contributed by atoms with van der Waals surface area (Å²) in [6, 6.07) is 7.86. The van der Waals surface area contributed by atoms with E-state index < -0.39 is 6.10 Å². The van der Waals surface area contributed by atoms with Crippen LogP contribution in [0.4, 0.5) is 0 Å². The molecule has 2 heterocycles. The second kappa shape index (κ2) is 4.79. The minimum absolute atomic E-state index is 0.568. The van der Waals surface area contributed by atoms with Crippen LogP contribution in [0.5, 0.6) is 11.5 Å². The first-order valence-corrected chi connectivity index (χ1v) is 7.82. The maximum absolute atomic E-state index is 10.6. The van der Waals surface area contributed by atoms with Crippen molar-refractivity contribution in [2.45, 2.75) is 25.4 Å². The lowest BCUT2D eigenvalue weighted by atomic mass is 10.1. The van der Waals surface area contributed by atoms with Crippen LogP contribution in [0, 0.1) is 0 Å². The molecule has 1 aliphatic carbocycles. The quantitative estimate of drug-likeness (QED) is 0.923. The van der Waals surface area contributed by atoms with Gasteiger partial charge < -0.3 is 14.6 Å². The highest BCUT2D eigenvalue weighted by atomic mass is 32.1. The Morgan fingerprint density at radius 3 is 2.75 bits per heavy atom. The van der Waals surface area contributed by atoms with Gasteiger partial charge in [0.2, 0.25) is 0 Å². The van der Waals surface area contributed by atoms with Gasteiger partial charge in [-0.3, -0.25) is 0 Å². The summed E-state index contributed by atoms with van der Waals surface area (Å²) in [4.78, 5) is 2.47. The summed E-state index contributed by atoms with van der Waals surface area (Å²) in [6.07, 6.45) is 3.00. The van der Waals surface area contributed by atoms with Gasteiger partial charge in [0.25, 0.3) is 0 Å². The topological polar surface area (TPSA) is 38.7 Å². The first-order valence-electron chi connectivity index (χ1n) is 7.00. The molecule has 3 nitrogen and oxygen atoms in total. The van der Waals surface area contributed by atoms with E-state index in [2.05, 4.69) is 6.07 Å². The van der Waals surface area contributed by atoms with Crippen molar-refractivity contribution in [3.8, 4) is 11.5 Å². The maximum atomic E-state index is 10.6. The average molecular weight is 288 g/mol. The third kappa shape index (κ3) is 2.00. The second-order valence-corrected chi connectivity index (χ2v) is 6.42. The Labute approximate surface area is 121 Å². The van der Waals surface area contributed by atoms with E-state index >= 15 is 0 Å². The van der Waals surface area contributed by atoms with E-state index in [0.29, 0.717) is 13.2 Å². The first-order chi connectivity index (χ1) is 9.81. The second-order valence-electron chi connectivity index (χ2n) is 5.26. The van der Waals surface area contributed by atoms with Gasteiger partial charge in [0, 0.05) is 9.75 Å². The molecule has 0 amide bonds. The molecular weight excluding hydrogens is 272 g/mol. The lowest BCUT2D eigenvalue weighted by Gasteiger charge is -2.20.